The quantitative estimate of drug-likeness (QED) is 0.634. The first-order chi connectivity index (χ1) is 10.7. The largest absolute Gasteiger partial charge is 0.493 e. The third kappa shape index (κ3) is 5.83. The maximum absolute atomic E-state index is 5.70. The Hall–Kier alpha value is -1.30. The van der Waals surface area contributed by atoms with Crippen molar-refractivity contribution in [3.8, 4) is 11.5 Å². The van der Waals surface area contributed by atoms with Crippen molar-refractivity contribution >= 4 is 0 Å². The molecule has 126 valence electrons. The Morgan fingerprint density at radius 3 is 2.05 bits per heavy atom. The summed E-state index contributed by atoms with van der Waals surface area (Å²) in [4.78, 5) is 0. The summed E-state index contributed by atoms with van der Waals surface area (Å²) in [6.45, 7) is 7.56. The van der Waals surface area contributed by atoms with Crippen LogP contribution in [0.15, 0.2) is 18.2 Å². The van der Waals surface area contributed by atoms with E-state index in [9.17, 15) is 0 Å². The molecule has 0 aromatic heterocycles. The van der Waals surface area contributed by atoms with Crippen molar-refractivity contribution in [1.82, 2.24) is 5.32 Å². The highest BCUT2D eigenvalue weighted by Gasteiger charge is 2.15. The van der Waals surface area contributed by atoms with Crippen molar-refractivity contribution in [2.45, 2.75) is 46.1 Å². The van der Waals surface area contributed by atoms with Crippen LogP contribution in [-0.2, 0) is 9.47 Å². The standard InChI is InChI=1S/C17H29NO4/c1-6-10-21-17(22-11-7-2)18-13(3)14-8-9-15(19-4)16(12-14)20-5/h8-9,12-13,17-18H,6-7,10-11H2,1-5H3. The molecule has 0 fully saturated rings. The van der Waals surface area contributed by atoms with Crippen molar-refractivity contribution in [1.29, 1.82) is 0 Å². The normalized spacial score (nSPS) is 12.5. The number of ether oxygens (including phenoxy) is 4. The molecule has 0 aliphatic carbocycles. The molecule has 1 atom stereocenters. The molecule has 0 bridgehead atoms. The highest BCUT2D eigenvalue weighted by atomic mass is 16.7. The summed E-state index contributed by atoms with van der Waals surface area (Å²) < 4.78 is 22.0. The van der Waals surface area contributed by atoms with Gasteiger partial charge in [0.05, 0.1) is 27.4 Å². The molecule has 1 aromatic rings. The van der Waals surface area contributed by atoms with Gasteiger partial charge in [-0.2, -0.15) is 0 Å². The Labute approximate surface area is 133 Å². The van der Waals surface area contributed by atoms with E-state index in [0.717, 1.165) is 24.2 Å². The fraction of sp³-hybridized carbons (Fsp3) is 0.647. The molecule has 0 saturated heterocycles. The van der Waals surface area contributed by atoms with Crippen LogP contribution in [0.5, 0.6) is 11.5 Å². The predicted molar refractivity (Wildman–Crippen MR) is 87.4 cm³/mol. The molecule has 5 nitrogen and oxygen atoms in total. The number of rotatable bonds is 11. The van der Waals surface area contributed by atoms with Crippen LogP contribution in [0.4, 0.5) is 0 Å². The summed E-state index contributed by atoms with van der Waals surface area (Å²) in [5, 5.41) is 3.35. The SMILES string of the molecule is CCCOC(NC(C)c1ccc(OC)c(OC)c1)OCCC. The maximum atomic E-state index is 5.70. The van der Waals surface area contributed by atoms with E-state index in [1.165, 1.54) is 0 Å². The summed E-state index contributed by atoms with van der Waals surface area (Å²) in [5.74, 6) is 1.44. The number of nitrogens with one attached hydrogen (secondary N) is 1. The lowest BCUT2D eigenvalue weighted by Gasteiger charge is -2.24. The molecule has 5 heteroatoms. The summed E-state index contributed by atoms with van der Waals surface area (Å²) >= 11 is 0. The van der Waals surface area contributed by atoms with Crippen LogP contribution in [0.25, 0.3) is 0 Å². The molecular weight excluding hydrogens is 282 g/mol. The van der Waals surface area contributed by atoms with Gasteiger partial charge in [0, 0.05) is 6.04 Å². The third-order valence-electron chi connectivity index (χ3n) is 3.24. The van der Waals surface area contributed by atoms with E-state index in [1.807, 2.05) is 18.2 Å². The van der Waals surface area contributed by atoms with E-state index in [4.69, 9.17) is 18.9 Å². The average molecular weight is 311 g/mol. The predicted octanol–water partition coefficient (Wildman–Crippen LogP) is 3.49. The summed E-state index contributed by atoms with van der Waals surface area (Å²) in [7, 11) is 3.27. The van der Waals surface area contributed by atoms with Crippen molar-refractivity contribution in [3.63, 3.8) is 0 Å². The second kappa shape index (κ2) is 10.4. The first kappa shape index (κ1) is 18.7. The van der Waals surface area contributed by atoms with Gasteiger partial charge in [0.2, 0.25) is 6.41 Å². The van der Waals surface area contributed by atoms with Gasteiger partial charge in [-0.05, 0) is 37.5 Å². The molecule has 0 aliphatic rings. The van der Waals surface area contributed by atoms with Crippen molar-refractivity contribution in [2.24, 2.45) is 0 Å². The Kier molecular flexibility index (Phi) is 8.89. The van der Waals surface area contributed by atoms with E-state index in [0.29, 0.717) is 19.0 Å². The summed E-state index contributed by atoms with van der Waals surface area (Å²) in [5.41, 5.74) is 1.09. The fourth-order valence-corrected chi connectivity index (χ4v) is 2.02. The van der Waals surface area contributed by atoms with Gasteiger partial charge in [-0.15, -0.1) is 0 Å². The highest BCUT2D eigenvalue weighted by molar-refractivity contribution is 5.43. The van der Waals surface area contributed by atoms with Crippen molar-refractivity contribution in [2.75, 3.05) is 27.4 Å². The lowest BCUT2D eigenvalue weighted by Crippen LogP contribution is -2.36. The molecule has 1 aromatic carbocycles. The van der Waals surface area contributed by atoms with Crippen LogP contribution < -0.4 is 14.8 Å². The van der Waals surface area contributed by atoms with Gasteiger partial charge in [-0.1, -0.05) is 19.9 Å². The second-order valence-electron chi connectivity index (χ2n) is 5.08. The molecule has 0 amide bonds. The van der Waals surface area contributed by atoms with Gasteiger partial charge in [0.25, 0.3) is 0 Å². The minimum Gasteiger partial charge on any atom is -0.493 e. The third-order valence-corrected chi connectivity index (χ3v) is 3.24. The smallest absolute Gasteiger partial charge is 0.216 e. The molecule has 1 rings (SSSR count). The second-order valence-corrected chi connectivity index (χ2v) is 5.08. The molecule has 22 heavy (non-hydrogen) atoms. The molecule has 0 heterocycles. The van der Waals surface area contributed by atoms with Gasteiger partial charge in [-0.3, -0.25) is 5.32 Å². The van der Waals surface area contributed by atoms with Crippen molar-refractivity contribution < 1.29 is 18.9 Å². The molecule has 0 saturated carbocycles. The van der Waals surface area contributed by atoms with Crippen molar-refractivity contribution in [3.05, 3.63) is 23.8 Å². The average Bonchev–Trinajstić information content (AvgIpc) is 2.56. The highest BCUT2D eigenvalue weighted by Crippen LogP contribution is 2.30. The first-order valence-electron chi connectivity index (χ1n) is 7.87. The number of hydrogen-bond donors (Lipinski definition) is 1. The zero-order valence-electron chi connectivity index (χ0n) is 14.3. The Bertz CT molecular complexity index is 417. The zero-order chi connectivity index (χ0) is 16.4. The van der Waals surface area contributed by atoms with Crippen LogP contribution in [0.3, 0.4) is 0 Å². The van der Waals surface area contributed by atoms with Crippen LogP contribution in [0, 0.1) is 0 Å². The number of hydrogen-bond acceptors (Lipinski definition) is 5. The van der Waals surface area contributed by atoms with Crippen LogP contribution >= 0.6 is 0 Å². The van der Waals surface area contributed by atoms with E-state index in [2.05, 4.69) is 26.1 Å². The Morgan fingerprint density at radius 2 is 1.55 bits per heavy atom. The van der Waals surface area contributed by atoms with E-state index < -0.39 is 6.41 Å². The Balaban J connectivity index is 2.73. The van der Waals surface area contributed by atoms with Gasteiger partial charge in [0.1, 0.15) is 0 Å². The van der Waals surface area contributed by atoms with Crippen LogP contribution in [-0.4, -0.2) is 33.8 Å². The topological polar surface area (TPSA) is 49.0 Å². The molecular formula is C17H29NO4. The van der Waals surface area contributed by atoms with Gasteiger partial charge in [-0.25, -0.2) is 0 Å². The summed E-state index contributed by atoms with van der Waals surface area (Å²) in [6.07, 6.45) is 1.51. The number of benzene rings is 1. The van der Waals surface area contributed by atoms with Gasteiger partial charge >= 0.3 is 0 Å². The minimum absolute atomic E-state index is 0.0681. The lowest BCUT2D eigenvalue weighted by atomic mass is 10.1. The first-order valence-corrected chi connectivity index (χ1v) is 7.87. The minimum atomic E-state index is -0.400. The maximum Gasteiger partial charge on any atom is 0.216 e. The van der Waals surface area contributed by atoms with E-state index in [-0.39, 0.29) is 6.04 Å². The molecule has 1 unspecified atom stereocenters. The number of methoxy groups -OCH3 is 2. The molecule has 1 N–H and O–H groups in total. The lowest BCUT2D eigenvalue weighted by molar-refractivity contribution is -0.165. The van der Waals surface area contributed by atoms with Crippen LogP contribution in [0.2, 0.25) is 0 Å². The van der Waals surface area contributed by atoms with E-state index in [1.54, 1.807) is 14.2 Å². The van der Waals surface area contributed by atoms with E-state index >= 15 is 0 Å². The molecule has 0 aliphatic heterocycles. The molecule has 0 radical (unpaired) electrons. The zero-order valence-corrected chi connectivity index (χ0v) is 14.3. The monoisotopic (exact) mass is 311 g/mol. The van der Waals surface area contributed by atoms with Crippen LogP contribution in [0.1, 0.15) is 45.2 Å². The fourth-order valence-electron chi connectivity index (χ4n) is 2.02. The Morgan fingerprint density at radius 1 is 0.955 bits per heavy atom. The van der Waals surface area contributed by atoms with Gasteiger partial charge < -0.3 is 18.9 Å². The summed E-state index contributed by atoms with van der Waals surface area (Å²) in [6, 6.07) is 5.95. The van der Waals surface area contributed by atoms with Gasteiger partial charge in [0.15, 0.2) is 11.5 Å². The molecule has 0 spiro atoms.